The fourth-order valence-electron chi connectivity index (χ4n) is 1.45. The molecule has 0 spiro atoms. The van der Waals surface area contributed by atoms with Gasteiger partial charge >= 0.3 is 0 Å². The Bertz CT molecular complexity index is 249. The Hall–Kier alpha value is -0.0900. The summed E-state index contributed by atoms with van der Waals surface area (Å²) in [7, 11) is -2.89. The number of hydrogen-bond acceptors (Lipinski definition) is 3. The Balaban J connectivity index is 4.02. The highest BCUT2D eigenvalue weighted by Crippen LogP contribution is 2.07. The lowest BCUT2D eigenvalue weighted by atomic mass is 10.2. The monoisotopic (exact) mass is 235 g/mol. The van der Waals surface area contributed by atoms with Gasteiger partial charge in [0.05, 0.1) is 11.5 Å². The van der Waals surface area contributed by atoms with Gasteiger partial charge in [-0.15, -0.1) is 0 Å². The second-order valence-corrected chi connectivity index (χ2v) is 6.60. The molecule has 0 amide bonds. The normalized spacial score (nSPS) is 16.3. The standard InChI is InChI=1S/C11H25NO2S/c1-5-7-12-11(4)9-15(13,14)8-10(3)6-2/h10-12H,5-9H2,1-4H3. The van der Waals surface area contributed by atoms with Gasteiger partial charge in [0, 0.05) is 6.04 Å². The SMILES string of the molecule is CCCNC(C)CS(=O)(=O)CC(C)CC. The van der Waals surface area contributed by atoms with Crippen molar-refractivity contribution < 1.29 is 8.42 Å². The second kappa shape index (κ2) is 7.23. The highest BCUT2D eigenvalue weighted by atomic mass is 32.2. The van der Waals surface area contributed by atoms with Crippen molar-refractivity contribution in [3.63, 3.8) is 0 Å². The van der Waals surface area contributed by atoms with Gasteiger partial charge in [0.2, 0.25) is 0 Å². The molecule has 15 heavy (non-hydrogen) atoms. The lowest BCUT2D eigenvalue weighted by Gasteiger charge is -2.15. The molecule has 1 N–H and O–H groups in total. The van der Waals surface area contributed by atoms with Crippen LogP contribution in [0.1, 0.15) is 40.5 Å². The summed E-state index contributed by atoms with van der Waals surface area (Å²) in [6.07, 6.45) is 1.96. The Labute approximate surface area is 94.6 Å². The minimum Gasteiger partial charge on any atom is -0.313 e. The molecule has 3 nitrogen and oxygen atoms in total. The maximum absolute atomic E-state index is 11.7. The van der Waals surface area contributed by atoms with Crippen LogP contribution in [-0.4, -0.2) is 32.5 Å². The van der Waals surface area contributed by atoms with Crippen molar-refractivity contribution in [2.24, 2.45) is 5.92 Å². The molecule has 0 saturated heterocycles. The van der Waals surface area contributed by atoms with Gasteiger partial charge in [-0.25, -0.2) is 8.42 Å². The van der Waals surface area contributed by atoms with Gasteiger partial charge in [0.15, 0.2) is 9.84 Å². The number of hydrogen-bond donors (Lipinski definition) is 1. The Morgan fingerprint density at radius 3 is 2.20 bits per heavy atom. The molecule has 0 aromatic heterocycles. The van der Waals surface area contributed by atoms with Gasteiger partial charge in [-0.3, -0.25) is 0 Å². The number of nitrogens with one attached hydrogen (secondary N) is 1. The van der Waals surface area contributed by atoms with Gasteiger partial charge in [-0.2, -0.15) is 0 Å². The van der Waals surface area contributed by atoms with Crippen LogP contribution in [0.15, 0.2) is 0 Å². The second-order valence-electron chi connectivity index (χ2n) is 4.45. The number of sulfone groups is 1. The summed E-state index contributed by atoms with van der Waals surface area (Å²) in [5, 5.41) is 3.20. The molecule has 0 heterocycles. The zero-order chi connectivity index (χ0) is 11.9. The molecule has 0 aliphatic heterocycles. The Kier molecular flexibility index (Phi) is 7.18. The summed E-state index contributed by atoms with van der Waals surface area (Å²) in [5.74, 6) is 0.854. The molecule has 2 unspecified atom stereocenters. The van der Waals surface area contributed by atoms with Crippen LogP contribution >= 0.6 is 0 Å². The third kappa shape index (κ3) is 7.79. The van der Waals surface area contributed by atoms with E-state index >= 15 is 0 Å². The first-order valence-electron chi connectivity index (χ1n) is 5.85. The van der Waals surface area contributed by atoms with Gasteiger partial charge in [-0.1, -0.05) is 27.2 Å². The summed E-state index contributed by atoms with van der Waals surface area (Å²) in [6, 6.07) is 0.0685. The molecule has 2 atom stereocenters. The zero-order valence-corrected chi connectivity index (χ0v) is 11.2. The van der Waals surface area contributed by atoms with E-state index in [4.69, 9.17) is 0 Å². The van der Waals surface area contributed by atoms with Gasteiger partial charge < -0.3 is 5.32 Å². The van der Waals surface area contributed by atoms with Crippen molar-refractivity contribution in [1.82, 2.24) is 5.32 Å². The third-order valence-electron chi connectivity index (χ3n) is 2.48. The molecule has 4 heteroatoms. The van der Waals surface area contributed by atoms with E-state index in [-0.39, 0.29) is 17.7 Å². The van der Waals surface area contributed by atoms with Gasteiger partial charge in [-0.05, 0) is 25.8 Å². The lowest BCUT2D eigenvalue weighted by Crippen LogP contribution is -2.35. The minimum absolute atomic E-state index is 0.0685. The van der Waals surface area contributed by atoms with Crippen LogP contribution in [0.3, 0.4) is 0 Å². The van der Waals surface area contributed by atoms with E-state index < -0.39 is 9.84 Å². The zero-order valence-electron chi connectivity index (χ0n) is 10.4. The fraction of sp³-hybridized carbons (Fsp3) is 1.00. The maximum Gasteiger partial charge on any atom is 0.152 e. The van der Waals surface area contributed by atoms with E-state index in [0.717, 1.165) is 19.4 Å². The molecular formula is C11H25NO2S. The molecule has 0 fully saturated rings. The van der Waals surface area contributed by atoms with E-state index in [1.165, 1.54) is 0 Å². The molecule has 0 aliphatic rings. The lowest BCUT2D eigenvalue weighted by molar-refractivity contribution is 0.539. The van der Waals surface area contributed by atoms with Crippen LogP contribution in [0.2, 0.25) is 0 Å². The van der Waals surface area contributed by atoms with E-state index in [0.29, 0.717) is 5.75 Å². The fourth-order valence-corrected chi connectivity index (χ4v) is 3.57. The molecule has 0 rings (SSSR count). The van der Waals surface area contributed by atoms with Crippen LogP contribution in [0, 0.1) is 5.92 Å². The van der Waals surface area contributed by atoms with Crippen LogP contribution in [0.4, 0.5) is 0 Å². The van der Waals surface area contributed by atoms with E-state index in [2.05, 4.69) is 12.2 Å². The molecule has 0 bridgehead atoms. The average Bonchev–Trinajstić information content (AvgIpc) is 2.12. The highest BCUT2D eigenvalue weighted by molar-refractivity contribution is 7.91. The molecule has 0 saturated carbocycles. The number of rotatable bonds is 8. The van der Waals surface area contributed by atoms with E-state index in [9.17, 15) is 8.42 Å². The Morgan fingerprint density at radius 1 is 1.13 bits per heavy atom. The van der Waals surface area contributed by atoms with Crippen LogP contribution in [0.25, 0.3) is 0 Å². The van der Waals surface area contributed by atoms with Gasteiger partial charge in [0.1, 0.15) is 0 Å². The van der Waals surface area contributed by atoms with Crippen LogP contribution in [-0.2, 0) is 9.84 Å². The van der Waals surface area contributed by atoms with Crippen molar-refractivity contribution in [2.75, 3.05) is 18.1 Å². The van der Waals surface area contributed by atoms with Gasteiger partial charge in [0.25, 0.3) is 0 Å². The first-order chi connectivity index (χ1) is 6.91. The molecular weight excluding hydrogens is 210 g/mol. The molecule has 92 valence electrons. The van der Waals surface area contributed by atoms with Crippen molar-refractivity contribution in [3.05, 3.63) is 0 Å². The maximum atomic E-state index is 11.7. The van der Waals surface area contributed by atoms with Crippen molar-refractivity contribution in [2.45, 2.75) is 46.6 Å². The van der Waals surface area contributed by atoms with Crippen LogP contribution < -0.4 is 5.32 Å². The summed E-state index contributed by atoms with van der Waals surface area (Å²) < 4.78 is 23.5. The Morgan fingerprint density at radius 2 is 1.73 bits per heavy atom. The van der Waals surface area contributed by atoms with Crippen LogP contribution in [0.5, 0.6) is 0 Å². The van der Waals surface area contributed by atoms with E-state index in [1.807, 2.05) is 20.8 Å². The van der Waals surface area contributed by atoms with Crippen molar-refractivity contribution in [1.29, 1.82) is 0 Å². The summed E-state index contributed by atoms with van der Waals surface area (Å²) in [4.78, 5) is 0. The summed E-state index contributed by atoms with van der Waals surface area (Å²) in [6.45, 7) is 8.91. The average molecular weight is 235 g/mol. The van der Waals surface area contributed by atoms with E-state index in [1.54, 1.807) is 0 Å². The minimum atomic E-state index is -2.89. The summed E-state index contributed by atoms with van der Waals surface area (Å²) in [5.41, 5.74) is 0. The first kappa shape index (κ1) is 14.9. The first-order valence-corrected chi connectivity index (χ1v) is 7.67. The smallest absolute Gasteiger partial charge is 0.152 e. The largest absolute Gasteiger partial charge is 0.313 e. The van der Waals surface area contributed by atoms with Crippen molar-refractivity contribution >= 4 is 9.84 Å². The quantitative estimate of drug-likeness (QED) is 0.698. The van der Waals surface area contributed by atoms with Crippen molar-refractivity contribution in [3.8, 4) is 0 Å². The predicted octanol–water partition coefficient (Wildman–Crippen LogP) is 1.84. The molecule has 0 aromatic rings. The predicted molar refractivity (Wildman–Crippen MR) is 65.9 cm³/mol. The molecule has 0 aliphatic carbocycles. The molecule has 0 aromatic carbocycles. The summed E-state index contributed by atoms with van der Waals surface area (Å²) >= 11 is 0. The topological polar surface area (TPSA) is 46.2 Å². The third-order valence-corrected chi connectivity index (χ3v) is 4.57. The molecule has 0 radical (unpaired) electrons. The highest BCUT2D eigenvalue weighted by Gasteiger charge is 2.17.